The molecule has 9 aromatic rings. The van der Waals surface area contributed by atoms with E-state index < -0.39 is 5.41 Å². The lowest BCUT2D eigenvalue weighted by Gasteiger charge is -2.33. The van der Waals surface area contributed by atoms with Gasteiger partial charge in [-0.25, -0.2) is 0 Å². The van der Waals surface area contributed by atoms with Crippen molar-refractivity contribution in [1.29, 1.82) is 0 Å². The predicted molar refractivity (Wildman–Crippen MR) is 258 cm³/mol. The van der Waals surface area contributed by atoms with E-state index in [1.165, 1.54) is 117 Å². The summed E-state index contributed by atoms with van der Waals surface area (Å²) in [6, 6.07) is 75.9. The lowest BCUT2D eigenvalue weighted by atomic mass is 9.70. The molecular formula is C61H45N. The van der Waals surface area contributed by atoms with E-state index in [2.05, 4.69) is 233 Å². The monoisotopic (exact) mass is 791 g/mol. The largest absolute Gasteiger partial charge is 0.310 e. The Morgan fingerprint density at radius 1 is 0.290 bits per heavy atom. The fraction of sp³-hybridized carbons (Fsp3) is 0.115. The molecule has 0 radical (unpaired) electrons. The molecule has 0 amide bonds. The Balaban J connectivity index is 1.10. The second-order valence-corrected chi connectivity index (χ2v) is 18.8. The van der Waals surface area contributed by atoms with Gasteiger partial charge in [-0.15, -0.1) is 0 Å². The van der Waals surface area contributed by atoms with E-state index in [-0.39, 0.29) is 10.8 Å². The van der Waals surface area contributed by atoms with Gasteiger partial charge in [0.05, 0.1) is 11.1 Å². The van der Waals surface area contributed by atoms with Crippen molar-refractivity contribution in [1.82, 2.24) is 0 Å². The van der Waals surface area contributed by atoms with Crippen LogP contribution in [-0.4, -0.2) is 0 Å². The summed E-state index contributed by atoms with van der Waals surface area (Å²) in [5.74, 6) is 0. The molecule has 1 unspecified atom stereocenters. The van der Waals surface area contributed by atoms with Crippen LogP contribution in [0.3, 0.4) is 0 Å². The van der Waals surface area contributed by atoms with Crippen molar-refractivity contribution >= 4 is 17.1 Å². The maximum absolute atomic E-state index is 2.58. The lowest BCUT2D eigenvalue weighted by molar-refractivity contribution is 0.660. The number of anilines is 3. The van der Waals surface area contributed by atoms with E-state index in [0.717, 1.165) is 0 Å². The Hall–Kier alpha value is -7.22. The molecule has 1 atom stereocenters. The van der Waals surface area contributed by atoms with Gasteiger partial charge < -0.3 is 4.90 Å². The zero-order valence-electron chi connectivity index (χ0n) is 35.5. The minimum absolute atomic E-state index is 0.141. The van der Waals surface area contributed by atoms with Crippen molar-refractivity contribution in [3.8, 4) is 55.6 Å². The van der Waals surface area contributed by atoms with E-state index in [0.29, 0.717) is 0 Å². The predicted octanol–water partition coefficient (Wildman–Crippen LogP) is 15.8. The first-order valence-electron chi connectivity index (χ1n) is 22.1. The number of hydrogen-bond donors (Lipinski definition) is 0. The second-order valence-electron chi connectivity index (χ2n) is 18.8. The van der Waals surface area contributed by atoms with Crippen LogP contribution in [0.4, 0.5) is 17.1 Å². The molecule has 13 rings (SSSR count). The van der Waals surface area contributed by atoms with E-state index in [1.54, 1.807) is 0 Å². The molecule has 1 spiro atoms. The number of nitrogens with zero attached hydrogens (tertiary/aromatic N) is 1. The number of fused-ring (bicyclic) bond motifs is 16. The van der Waals surface area contributed by atoms with Gasteiger partial charge in [0.25, 0.3) is 0 Å². The molecule has 294 valence electrons. The highest BCUT2D eigenvalue weighted by Crippen LogP contribution is 2.65. The van der Waals surface area contributed by atoms with Gasteiger partial charge >= 0.3 is 0 Å². The molecular weight excluding hydrogens is 747 g/mol. The van der Waals surface area contributed by atoms with Crippen molar-refractivity contribution < 1.29 is 0 Å². The number of hydrogen-bond acceptors (Lipinski definition) is 1. The topological polar surface area (TPSA) is 3.24 Å². The zero-order chi connectivity index (χ0) is 41.5. The molecule has 0 heterocycles. The minimum atomic E-state index is -0.493. The Kier molecular flexibility index (Phi) is 7.12. The Labute approximate surface area is 364 Å². The molecule has 4 aliphatic carbocycles. The van der Waals surface area contributed by atoms with Gasteiger partial charge in [0.15, 0.2) is 0 Å². The third-order valence-corrected chi connectivity index (χ3v) is 15.1. The summed E-state index contributed by atoms with van der Waals surface area (Å²) in [4.78, 5) is 2.58. The van der Waals surface area contributed by atoms with Gasteiger partial charge in [0.1, 0.15) is 0 Å². The molecule has 1 heteroatoms. The molecule has 0 N–H and O–H groups in total. The summed E-state index contributed by atoms with van der Waals surface area (Å²) < 4.78 is 0. The quantitative estimate of drug-likeness (QED) is 0.172. The maximum Gasteiger partial charge on any atom is 0.0726 e. The van der Waals surface area contributed by atoms with Crippen molar-refractivity contribution in [2.45, 2.75) is 43.9 Å². The van der Waals surface area contributed by atoms with Crippen LogP contribution in [0.15, 0.2) is 200 Å². The molecule has 0 aliphatic heterocycles. The van der Waals surface area contributed by atoms with E-state index in [9.17, 15) is 0 Å². The van der Waals surface area contributed by atoms with Gasteiger partial charge in [-0.05, 0) is 131 Å². The van der Waals surface area contributed by atoms with E-state index >= 15 is 0 Å². The number of rotatable bonds is 4. The minimum Gasteiger partial charge on any atom is -0.310 e. The molecule has 0 fully saturated rings. The SMILES string of the molecule is CC1(C)c2ccccc2-c2ccc(N(c3ccc4c(c3)C(C)(C)c3ccccc3-4)c3cccc4c3-c3ccccc3C43c4ccccc4-c4ccc(-c5ccccc5)cc43)cc21. The molecule has 9 aromatic carbocycles. The van der Waals surface area contributed by atoms with Crippen molar-refractivity contribution in [2.75, 3.05) is 4.90 Å². The lowest BCUT2D eigenvalue weighted by Crippen LogP contribution is -2.26. The van der Waals surface area contributed by atoms with Crippen LogP contribution < -0.4 is 4.90 Å². The van der Waals surface area contributed by atoms with Gasteiger partial charge in [0.2, 0.25) is 0 Å². The maximum atomic E-state index is 2.58. The highest BCUT2D eigenvalue weighted by Gasteiger charge is 2.52. The van der Waals surface area contributed by atoms with Crippen LogP contribution in [0.2, 0.25) is 0 Å². The second kappa shape index (κ2) is 12.4. The van der Waals surface area contributed by atoms with Crippen LogP contribution in [-0.2, 0) is 16.2 Å². The molecule has 0 aromatic heterocycles. The van der Waals surface area contributed by atoms with Crippen molar-refractivity contribution in [3.63, 3.8) is 0 Å². The van der Waals surface area contributed by atoms with Gasteiger partial charge in [-0.2, -0.15) is 0 Å². The van der Waals surface area contributed by atoms with Crippen LogP contribution >= 0.6 is 0 Å². The summed E-state index contributed by atoms with van der Waals surface area (Å²) in [5, 5.41) is 0. The third kappa shape index (κ3) is 4.48. The Bertz CT molecular complexity index is 3260. The third-order valence-electron chi connectivity index (χ3n) is 15.1. The van der Waals surface area contributed by atoms with Crippen LogP contribution in [0.5, 0.6) is 0 Å². The fourth-order valence-electron chi connectivity index (χ4n) is 12.3. The van der Waals surface area contributed by atoms with Gasteiger partial charge in [0, 0.05) is 27.8 Å². The Morgan fingerprint density at radius 3 is 1.32 bits per heavy atom. The first kappa shape index (κ1) is 35.5. The Morgan fingerprint density at radius 2 is 0.726 bits per heavy atom. The molecule has 62 heavy (non-hydrogen) atoms. The van der Waals surface area contributed by atoms with E-state index in [1.807, 2.05) is 0 Å². The summed E-state index contributed by atoms with van der Waals surface area (Å²) in [7, 11) is 0. The molecule has 0 saturated carbocycles. The average molecular weight is 792 g/mol. The highest BCUT2D eigenvalue weighted by atomic mass is 15.1. The first-order valence-corrected chi connectivity index (χ1v) is 22.1. The van der Waals surface area contributed by atoms with Crippen LogP contribution in [0, 0.1) is 0 Å². The van der Waals surface area contributed by atoms with Crippen LogP contribution in [0.25, 0.3) is 55.6 Å². The highest BCUT2D eigenvalue weighted by molar-refractivity contribution is 6.02. The molecule has 0 bridgehead atoms. The smallest absolute Gasteiger partial charge is 0.0726 e. The zero-order valence-corrected chi connectivity index (χ0v) is 35.5. The summed E-state index contributed by atoms with van der Waals surface area (Å²) in [5.41, 5.74) is 26.7. The molecule has 0 saturated heterocycles. The first-order chi connectivity index (χ1) is 30.3. The standard InChI is InChI=1S/C61H45N/c1-59(2)49-23-12-8-19-42(49)45-33-30-40(36-54(45)59)62(41-31-34-46-43-20-9-13-24-50(43)60(3,4)55(46)37-41)57-28-16-27-53-58(57)48-22-11-15-26-52(48)61(53)51-25-14-10-21-44(51)47-32-29-39(35-56(47)61)38-17-6-5-7-18-38/h5-37H,1-4H3. The normalized spacial score (nSPS) is 17.0. The average Bonchev–Trinajstić information content (AvgIpc) is 3.95. The van der Waals surface area contributed by atoms with E-state index in [4.69, 9.17) is 0 Å². The fourth-order valence-corrected chi connectivity index (χ4v) is 12.3. The summed E-state index contributed by atoms with van der Waals surface area (Å²) in [6.07, 6.45) is 0. The van der Waals surface area contributed by atoms with Crippen molar-refractivity contribution in [2.24, 2.45) is 0 Å². The molecule has 1 nitrogen and oxygen atoms in total. The van der Waals surface area contributed by atoms with Crippen molar-refractivity contribution in [3.05, 3.63) is 245 Å². The molecule has 4 aliphatic rings. The summed E-state index contributed by atoms with van der Waals surface area (Å²) in [6.45, 7) is 9.55. The summed E-state index contributed by atoms with van der Waals surface area (Å²) >= 11 is 0. The van der Waals surface area contributed by atoms with Gasteiger partial charge in [-0.3, -0.25) is 0 Å². The number of benzene rings is 9. The van der Waals surface area contributed by atoms with Gasteiger partial charge in [-0.1, -0.05) is 191 Å². The van der Waals surface area contributed by atoms with Crippen LogP contribution in [0.1, 0.15) is 72.2 Å².